The van der Waals surface area contributed by atoms with Crippen molar-refractivity contribution in [3.63, 3.8) is 0 Å². The first-order valence-electron chi connectivity index (χ1n) is 9.52. The maximum Gasteiger partial charge on any atom is 0.293 e. The smallest absolute Gasteiger partial charge is 0.293 e. The predicted octanol–water partition coefficient (Wildman–Crippen LogP) is 1.60. The van der Waals surface area contributed by atoms with Gasteiger partial charge in [-0.05, 0) is 43.7 Å². The van der Waals surface area contributed by atoms with Crippen molar-refractivity contribution in [3.8, 4) is 0 Å². The Labute approximate surface area is 164 Å². The largest absolute Gasteiger partial charge is 0.366 e. The van der Waals surface area contributed by atoms with Crippen LogP contribution in [0.2, 0.25) is 0 Å². The molecule has 2 heterocycles. The van der Waals surface area contributed by atoms with Crippen LogP contribution >= 0.6 is 0 Å². The highest BCUT2D eigenvalue weighted by Crippen LogP contribution is 2.31. The lowest BCUT2D eigenvalue weighted by molar-refractivity contribution is -0.384. The van der Waals surface area contributed by atoms with Gasteiger partial charge >= 0.3 is 0 Å². The first-order chi connectivity index (χ1) is 13.3. The van der Waals surface area contributed by atoms with Gasteiger partial charge in [0.25, 0.3) is 11.6 Å². The summed E-state index contributed by atoms with van der Waals surface area (Å²) in [5.41, 5.74) is 0.784. The third-order valence-corrected chi connectivity index (χ3v) is 6.78. The molecular weight excluding hydrogens is 384 g/mol. The van der Waals surface area contributed by atoms with Crippen molar-refractivity contribution in [2.24, 2.45) is 5.92 Å². The second-order valence-corrected chi connectivity index (χ2v) is 9.45. The lowest BCUT2D eigenvalue weighted by atomic mass is 9.98. The first-order valence-corrected chi connectivity index (χ1v) is 11.4. The van der Waals surface area contributed by atoms with Crippen molar-refractivity contribution in [2.45, 2.75) is 25.7 Å². The lowest BCUT2D eigenvalue weighted by Crippen LogP contribution is -2.41. The van der Waals surface area contributed by atoms with Gasteiger partial charge < -0.3 is 10.2 Å². The molecule has 0 bridgehead atoms. The Balaban J connectivity index is 1.60. The predicted molar refractivity (Wildman–Crippen MR) is 106 cm³/mol. The molecule has 2 saturated heterocycles. The number of amides is 1. The molecular formula is C18H26N4O5S. The lowest BCUT2D eigenvalue weighted by Gasteiger charge is -2.30. The summed E-state index contributed by atoms with van der Waals surface area (Å²) in [4.78, 5) is 25.5. The number of anilines is 1. The quantitative estimate of drug-likeness (QED) is 0.563. The van der Waals surface area contributed by atoms with Crippen LogP contribution in [0.3, 0.4) is 0 Å². The van der Waals surface area contributed by atoms with E-state index in [1.54, 1.807) is 12.1 Å². The summed E-state index contributed by atoms with van der Waals surface area (Å²) in [5, 5.41) is 14.3. The number of sulfonamides is 1. The van der Waals surface area contributed by atoms with Crippen LogP contribution in [0.15, 0.2) is 18.2 Å². The van der Waals surface area contributed by atoms with Crippen LogP contribution in [-0.4, -0.2) is 62.5 Å². The number of nitro benzene ring substituents is 1. The minimum Gasteiger partial charge on any atom is -0.366 e. The van der Waals surface area contributed by atoms with Gasteiger partial charge in [0.15, 0.2) is 0 Å². The van der Waals surface area contributed by atoms with E-state index in [-0.39, 0.29) is 23.1 Å². The fourth-order valence-corrected chi connectivity index (χ4v) is 4.69. The molecule has 0 atom stereocenters. The molecule has 1 aromatic rings. The molecule has 2 fully saturated rings. The monoisotopic (exact) mass is 410 g/mol. The average Bonchev–Trinajstić information content (AvgIpc) is 3.19. The van der Waals surface area contributed by atoms with E-state index in [1.165, 1.54) is 16.6 Å². The number of carbonyl (C=O) groups excluding carboxylic acids is 1. The molecule has 154 valence electrons. The van der Waals surface area contributed by atoms with Crippen LogP contribution in [0.1, 0.15) is 36.0 Å². The third kappa shape index (κ3) is 4.79. The first kappa shape index (κ1) is 20.5. The standard InChI is InChI=1S/C18H26N4O5S/c1-28(26,27)21-10-6-14(7-11-21)13-19-18(23)15-4-5-16(17(12-15)22(24)25)20-8-2-3-9-20/h4-5,12,14H,2-3,6-11,13H2,1H3,(H,19,23). The Kier molecular flexibility index (Phi) is 6.19. The number of nitrogens with one attached hydrogen (secondary N) is 1. The summed E-state index contributed by atoms with van der Waals surface area (Å²) in [6, 6.07) is 4.63. The van der Waals surface area contributed by atoms with Crippen LogP contribution in [0.5, 0.6) is 0 Å². The van der Waals surface area contributed by atoms with Crippen LogP contribution in [-0.2, 0) is 10.0 Å². The second kappa shape index (κ2) is 8.44. The number of benzene rings is 1. The Morgan fingerprint density at radius 2 is 1.86 bits per heavy atom. The van der Waals surface area contributed by atoms with Crippen LogP contribution < -0.4 is 10.2 Å². The normalized spacial score (nSPS) is 19.0. The molecule has 10 heteroatoms. The minimum absolute atomic E-state index is 0.0454. The molecule has 9 nitrogen and oxygen atoms in total. The van der Waals surface area contributed by atoms with Gasteiger partial charge in [0.05, 0.1) is 11.2 Å². The fraction of sp³-hybridized carbons (Fsp3) is 0.611. The van der Waals surface area contributed by atoms with E-state index < -0.39 is 14.9 Å². The van der Waals surface area contributed by atoms with Crippen LogP contribution in [0.4, 0.5) is 11.4 Å². The Bertz CT molecular complexity index is 844. The molecule has 0 spiro atoms. The summed E-state index contributed by atoms with van der Waals surface area (Å²) in [7, 11) is -3.17. The molecule has 0 aliphatic carbocycles. The fourth-order valence-electron chi connectivity index (χ4n) is 3.82. The molecule has 2 aliphatic heterocycles. The van der Waals surface area contributed by atoms with Gasteiger partial charge in [0, 0.05) is 44.4 Å². The van der Waals surface area contributed by atoms with E-state index >= 15 is 0 Å². The summed E-state index contributed by atoms with van der Waals surface area (Å²) in [6.45, 7) is 2.92. The van der Waals surface area contributed by atoms with Crippen molar-refractivity contribution in [1.82, 2.24) is 9.62 Å². The summed E-state index contributed by atoms with van der Waals surface area (Å²) < 4.78 is 24.6. The number of hydrogen-bond acceptors (Lipinski definition) is 6. The molecule has 1 amide bonds. The van der Waals surface area contributed by atoms with Gasteiger partial charge in [0.1, 0.15) is 5.69 Å². The molecule has 1 N–H and O–H groups in total. The number of hydrogen-bond donors (Lipinski definition) is 1. The maximum atomic E-state index is 12.5. The Morgan fingerprint density at radius 3 is 2.43 bits per heavy atom. The Morgan fingerprint density at radius 1 is 1.21 bits per heavy atom. The van der Waals surface area contributed by atoms with Crippen LogP contribution in [0.25, 0.3) is 0 Å². The van der Waals surface area contributed by atoms with Gasteiger partial charge in [0.2, 0.25) is 10.0 Å². The zero-order valence-electron chi connectivity index (χ0n) is 16.0. The van der Waals surface area contributed by atoms with E-state index in [2.05, 4.69) is 5.32 Å². The molecule has 0 radical (unpaired) electrons. The highest BCUT2D eigenvalue weighted by molar-refractivity contribution is 7.88. The third-order valence-electron chi connectivity index (χ3n) is 5.47. The van der Waals surface area contributed by atoms with Crippen molar-refractivity contribution in [3.05, 3.63) is 33.9 Å². The van der Waals surface area contributed by atoms with Gasteiger partial charge in [-0.25, -0.2) is 12.7 Å². The van der Waals surface area contributed by atoms with Gasteiger partial charge in [-0.1, -0.05) is 0 Å². The average molecular weight is 410 g/mol. The summed E-state index contributed by atoms with van der Waals surface area (Å²) in [6.07, 6.45) is 4.59. The molecule has 0 saturated carbocycles. The number of nitrogens with zero attached hydrogens (tertiary/aromatic N) is 3. The molecule has 0 aromatic heterocycles. The van der Waals surface area contributed by atoms with E-state index in [9.17, 15) is 23.3 Å². The molecule has 3 rings (SSSR count). The van der Waals surface area contributed by atoms with Crippen molar-refractivity contribution in [2.75, 3.05) is 43.9 Å². The molecule has 28 heavy (non-hydrogen) atoms. The number of nitro groups is 1. The summed E-state index contributed by atoms with van der Waals surface area (Å²) >= 11 is 0. The van der Waals surface area contributed by atoms with Crippen molar-refractivity contribution >= 4 is 27.3 Å². The zero-order chi connectivity index (χ0) is 20.3. The van der Waals surface area contributed by atoms with E-state index in [4.69, 9.17) is 0 Å². The molecule has 2 aliphatic rings. The van der Waals surface area contributed by atoms with Gasteiger partial charge in [-0.3, -0.25) is 14.9 Å². The van der Waals surface area contributed by atoms with E-state index in [0.717, 1.165) is 25.9 Å². The molecule has 0 unspecified atom stereocenters. The number of piperidine rings is 1. The second-order valence-electron chi connectivity index (χ2n) is 7.47. The minimum atomic E-state index is -3.17. The van der Waals surface area contributed by atoms with Crippen molar-refractivity contribution in [1.29, 1.82) is 0 Å². The highest BCUT2D eigenvalue weighted by atomic mass is 32.2. The number of carbonyl (C=O) groups is 1. The van der Waals surface area contributed by atoms with Gasteiger partial charge in [-0.2, -0.15) is 0 Å². The van der Waals surface area contributed by atoms with E-state index in [0.29, 0.717) is 38.2 Å². The van der Waals surface area contributed by atoms with E-state index in [1.807, 2.05) is 4.90 Å². The zero-order valence-corrected chi connectivity index (χ0v) is 16.8. The SMILES string of the molecule is CS(=O)(=O)N1CCC(CNC(=O)c2ccc(N3CCCC3)c([N+](=O)[O-])c2)CC1. The topological polar surface area (TPSA) is 113 Å². The highest BCUT2D eigenvalue weighted by Gasteiger charge is 2.26. The van der Waals surface area contributed by atoms with Gasteiger partial charge in [-0.15, -0.1) is 0 Å². The molecule has 1 aromatic carbocycles. The number of rotatable bonds is 6. The summed E-state index contributed by atoms with van der Waals surface area (Å²) in [5.74, 6) is -0.151. The Hall–Kier alpha value is -2.20. The van der Waals surface area contributed by atoms with Crippen molar-refractivity contribution < 1.29 is 18.1 Å². The van der Waals surface area contributed by atoms with Crippen LogP contribution in [0, 0.1) is 16.0 Å². The maximum absolute atomic E-state index is 12.5.